The van der Waals surface area contributed by atoms with Crippen LogP contribution in [0.5, 0.6) is 0 Å². The second-order valence-corrected chi connectivity index (χ2v) is 16.3. The lowest BCUT2D eigenvalue weighted by molar-refractivity contribution is -0.248. The van der Waals surface area contributed by atoms with E-state index in [1.807, 2.05) is 4.98 Å². The van der Waals surface area contributed by atoms with Gasteiger partial charge < -0.3 is 70.1 Å². The summed E-state index contributed by atoms with van der Waals surface area (Å²) in [6.45, 7) is -2.23. The lowest BCUT2D eigenvalue weighted by Gasteiger charge is -2.42. The molecule has 27 nitrogen and oxygen atoms in total. The van der Waals surface area contributed by atoms with Crippen LogP contribution in [-0.4, -0.2) is 186 Å². The number of carbonyl (C=O) groups is 2. The number of alkyl carbamates (subject to hydrolysis) is 1. The van der Waals surface area contributed by atoms with Gasteiger partial charge in [0.2, 0.25) is 5.91 Å². The highest BCUT2D eigenvalue weighted by Crippen LogP contribution is 2.66. The van der Waals surface area contributed by atoms with Crippen LogP contribution >= 0.6 is 15.6 Å². The van der Waals surface area contributed by atoms with Crippen LogP contribution in [0.2, 0.25) is 0 Å². The minimum absolute atomic E-state index is 0.0856. The standard InChI is InChI=1S/C30H52N4O23P2/c1-48-58(46,52-16-19-24(41)26(43)27(54-19)34-8-6-21(39)33-29(34)44)57-59(47,49-2)56-28-22(25(42)23(40)18(13-37)55-28)32-20(38)5-7-31-30(45)53-17(14-50-11-3-9-35)15-51-12-4-10-36/h6,8,17-19,22-28,35-37,40-43H,3-5,7,9-16H2,1-2H3,(H,31,45)(H,32,38)(H,33,39,44)/t18?,19?,22?,23-,24?,25-,26?,27?,28-,58?,59?/m1/s1. The summed E-state index contributed by atoms with van der Waals surface area (Å²) in [5.41, 5.74) is -1.74. The van der Waals surface area contributed by atoms with Crippen LogP contribution in [0, 0.1) is 0 Å². The number of carbonyl (C=O) groups excluding carboxylic acids is 2. The predicted molar refractivity (Wildman–Crippen MR) is 192 cm³/mol. The van der Waals surface area contributed by atoms with Crippen molar-refractivity contribution in [2.24, 2.45) is 0 Å². The summed E-state index contributed by atoms with van der Waals surface area (Å²) < 4.78 is 79.8. The molecule has 340 valence electrons. The average molecular weight is 899 g/mol. The van der Waals surface area contributed by atoms with Crippen molar-refractivity contribution >= 4 is 27.6 Å². The van der Waals surface area contributed by atoms with Gasteiger partial charge in [-0.2, -0.15) is 4.31 Å². The largest absolute Gasteiger partial charge is 0.485 e. The van der Waals surface area contributed by atoms with Crippen LogP contribution in [0.1, 0.15) is 25.5 Å². The lowest BCUT2D eigenvalue weighted by Crippen LogP contribution is -2.64. The van der Waals surface area contributed by atoms with Crippen molar-refractivity contribution in [3.8, 4) is 0 Å². The van der Waals surface area contributed by atoms with Gasteiger partial charge in [0.15, 0.2) is 18.6 Å². The zero-order chi connectivity index (χ0) is 43.8. The number of aliphatic hydroxyl groups is 7. The summed E-state index contributed by atoms with van der Waals surface area (Å²) in [6, 6.07) is -0.845. The molecule has 2 fully saturated rings. The molecule has 2 aliphatic heterocycles. The van der Waals surface area contributed by atoms with E-state index in [1.54, 1.807) is 0 Å². The van der Waals surface area contributed by atoms with Gasteiger partial charge in [0.1, 0.15) is 42.7 Å². The number of hydrogen-bond donors (Lipinski definition) is 10. The molecule has 2 amide bonds. The molecule has 59 heavy (non-hydrogen) atoms. The smallest absolute Gasteiger partial charge is 0.441 e. The van der Waals surface area contributed by atoms with E-state index in [1.165, 1.54) is 0 Å². The SMILES string of the molecule is COP(=O)(OCC1OC(n2ccc(=O)[nH]c2=O)C(O)C1O)OP(=O)(OC)O[C@H]1OC(CO)[C@@H](O)[C@H](O)C1NC(=O)CCNC(=O)OC(COCCCO)COCCCO. The van der Waals surface area contributed by atoms with Crippen molar-refractivity contribution in [3.05, 3.63) is 33.1 Å². The Morgan fingerprint density at radius 3 is 2.10 bits per heavy atom. The maximum absolute atomic E-state index is 13.7. The quantitative estimate of drug-likeness (QED) is 0.0312. The van der Waals surface area contributed by atoms with Gasteiger partial charge in [-0.05, 0) is 12.8 Å². The normalized spacial score (nSPS) is 27.9. The molecule has 0 aliphatic carbocycles. The molecule has 0 saturated carbocycles. The van der Waals surface area contributed by atoms with E-state index in [4.69, 9.17) is 56.3 Å². The fourth-order valence-electron chi connectivity index (χ4n) is 5.28. The van der Waals surface area contributed by atoms with Crippen LogP contribution in [0.3, 0.4) is 0 Å². The molecule has 29 heteroatoms. The second kappa shape index (κ2) is 24.6. The van der Waals surface area contributed by atoms with E-state index in [9.17, 15) is 53.8 Å². The van der Waals surface area contributed by atoms with E-state index in [0.29, 0.717) is 12.8 Å². The molecule has 8 unspecified atom stereocenters. The van der Waals surface area contributed by atoms with E-state index in [-0.39, 0.29) is 46.2 Å². The fourth-order valence-corrected chi connectivity index (χ4v) is 8.09. The van der Waals surface area contributed by atoms with Crippen LogP contribution in [-0.2, 0) is 60.0 Å². The minimum atomic E-state index is -5.22. The van der Waals surface area contributed by atoms with Gasteiger partial charge in [-0.1, -0.05) is 0 Å². The number of amides is 2. The Morgan fingerprint density at radius 1 is 0.898 bits per heavy atom. The highest BCUT2D eigenvalue weighted by molar-refractivity contribution is 7.62. The molecule has 0 bridgehead atoms. The zero-order valence-electron chi connectivity index (χ0n) is 31.9. The molecular weight excluding hydrogens is 846 g/mol. The van der Waals surface area contributed by atoms with Gasteiger partial charge in [-0.25, -0.2) is 18.7 Å². The summed E-state index contributed by atoms with van der Waals surface area (Å²) >= 11 is 0. The molecule has 2 saturated heterocycles. The Kier molecular flexibility index (Phi) is 21.1. The third-order valence-corrected chi connectivity index (χ3v) is 11.8. The van der Waals surface area contributed by atoms with Crippen LogP contribution in [0.25, 0.3) is 0 Å². The maximum atomic E-state index is 13.7. The number of rotatable bonds is 26. The molecule has 10 N–H and O–H groups in total. The molecule has 3 rings (SSSR count). The third kappa shape index (κ3) is 15.3. The highest BCUT2D eigenvalue weighted by atomic mass is 31.3. The fraction of sp³-hybridized carbons (Fsp3) is 0.800. The van der Waals surface area contributed by atoms with E-state index < -0.39 is 120 Å². The van der Waals surface area contributed by atoms with Gasteiger partial charge in [0, 0.05) is 65.9 Å². The molecule has 0 aromatic carbocycles. The van der Waals surface area contributed by atoms with Gasteiger partial charge in [0.25, 0.3) is 5.56 Å². The van der Waals surface area contributed by atoms with E-state index in [2.05, 4.69) is 10.6 Å². The van der Waals surface area contributed by atoms with Crippen LogP contribution in [0.15, 0.2) is 21.9 Å². The van der Waals surface area contributed by atoms with Gasteiger partial charge in [-0.15, -0.1) is 0 Å². The molecule has 11 atom stereocenters. The Morgan fingerprint density at radius 2 is 1.53 bits per heavy atom. The number of ether oxygens (including phenoxy) is 5. The topological polar surface area (TPSA) is 381 Å². The first-order valence-corrected chi connectivity index (χ1v) is 20.9. The number of aromatic nitrogens is 2. The summed E-state index contributed by atoms with van der Waals surface area (Å²) in [4.78, 5) is 51.0. The number of aliphatic hydroxyl groups excluding tert-OH is 7. The zero-order valence-corrected chi connectivity index (χ0v) is 33.7. The molecule has 1 aromatic rings. The summed E-state index contributed by atoms with van der Waals surface area (Å²) in [7, 11) is -8.73. The highest BCUT2D eigenvalue weighted by Gasteiger charge is 2.51. The molecule has 0 spiro atoms. The van der Waals surface area contributed by atoms with E-state index >= 15 is 0 Å². The Bertz CT molecular complexity index is 1660. The molecule has 3 heterocycles. The average Bonchev–Trinajstić information content (AvgIpc) is 3.48. The second-order valence-electron chi connectivity index (χ2n) is 12.6. The summed E-state index contributed by atoms with van der Waals surface area (Å²) in [6.07, 6.45) is -14.8. The van der Waals surface area contributed by atoms with Crippen molar-refractivity contribution in [2.75, 3.05) is 73.6 Å². The van der Waals surface area contributed by atoms with Crippen molar-refractivity contribution in [3.63, 3.8) is 0 Å². The Balaban J connectivity index is 1.63. The van der Waals surface area contributed by atoms with Gasteiger partial charge in [0.05, 0.1) is 26.4 Å². The van der Waals surface area contributed by atoms with Crippen molar-refractivity contribution in [1.82, 2.24) is 20.2 Å². The van der Waals surface area contributed by atoms with Crippen molar-refractivity contribution < 1.29 is 101 Å². The molecule has 1 aromatic heterocycles. The minimum Gasteiger partial charge on any atom is -0.441 e. The first-order valence-electron chi connectivity index (χ1n) is 18.0. The van der Waals surface area contributed by atoms with Crippen LogP contribution in [0.4, 0.5) is 4.79 Å². The maximum Gasteiger partial charge on any atom is 0.485 e. The van der Waals surface area contributed by atoms with Gasteiger partial charge in [-0.3, -0.25) is 37.2 Å². The number of nitrogens with one attached hydrogen (secondary N) is 3. The predicted octanol–water partition coefficient (Wildman–Crippen LogP) is -4.08. The van der Waals surface area contributed by atoms with Crippen molar-refractivity contribution in [1.29, 1.82) is 0 Å². The van der Waals surface area contributed by atoms with Crippen molar-refractivity contribution in [2.45, 2.75) is 80.5 Å². The summed E-state index contributed by atoms with van der Waals surface area (Å²) in [5, 5.41) is 74.6. The number of phosphoric ester groups is 2. The van der Waals surface area contributed by atoms with Gasteiger partial charge >= 0.3 is 27.4 Å². The third-order valence-electron chi connectivity index (χ3n) is 8.34. The number of hydrogen-bond acceptors (Lipinski definition) is 23. The first kappa shape index (κ1) is 50.6. The number of aromatic amines is 1. The summed E-state index contributed by atoms with van der Waals surface area (Å²) in [5.74, 6) is -0.906. The number of H-pyrrole nitrogens is 1. The number of phosphoric acid groups is 2. The first-order chi connectivity index (χ1) is 28.0. The monoisotopic (exact) mass is 898 g/mol. The molecule has 0 radical (unpaired) electrons. The Labute approximate surface area is 335 Å². The lowest BCUT2D eigenvalue weighted by atomic mass is 9.97. The Hall–Kier alpha value is -2.76. The number of nitrogens with zero attached hydrogens (tertiary/aromatic N) is 1. The van der Waals surface area contributed by atoms with E-state index in [0.717, 1.165) is 31.0 Å². The molecule has 2 aliphatic rings. The van der Waals surface area contributed by atoms with Crippen LogP contribution < -0.4 is 21.9 Å². The molecular formula is C30H52N4O23P2.